The topological polar surface area (TPSA) is 65.7 Å². The maximum Gasteiger partial charge on any atom is 0.191 e. The minimum Gasteiger partial charge on any atom is -0.364 e. The van der Waals surface area contributed by atoms with Gasteiger partial charge in [-0.05, 0) is 31.9 Å². The molecule has 3 rings (SSSR count). The van der Waals surface area contributed by atoms with Crippen LogP contribution < -0.4 is 10.6 Å². The number of hydrogen-bond acceptors (Lipinski definition) is 4. The molecule has 0 amide bonds. The fraction of sp³-hybridized carbons (Fsp3) is 0.474. The zero-order valence-electron chi connectivity index (χ0n) is 14.8. The Balaban J connectivity index is 1.54. The van der Waals surface area contributed by atoms with Crippen molar-refractivity contribution in [3.8, 4) is 0 Å². The van der Waals surface area contributed by atoms with E-state index in [9.17, 15) is 0 Å². The summed E-state index contributed by atoms with van der Waals surface area (Å²) >= 11 is 0. The van der Waals surface area contributed by atoms with Gasteiger partial charge in [-0.1, -0.05) is 35.5 Å². The lowest BCUT2D eigenvalue weighted by Crippen LogP contribution is -2.51. The van der Waals surface area contributed by atoms with E-state index in [4.69, 9.17) is 4.52 Å². The molecular formula is C19H27N5O. The van der Waals surface area contributed by atoms with E-state index < -0.39 is 0 Å². The second kappa shape index (κ2) is 9.22. The molecule has 1 saturated heterocycles. The van der Waals surface area contributed by atoms with E-state index in [0.29, 0.717) is 12.6 Å². The minimum atomic E-state index is 0.410. The summed E-state index contributed by atoms with van der Waals surface area (Å²) in [6, 6.07) is 12.9. The van der Waals surface area contributed by atoms with Gasteiger partial charge in [-0.25, -0.2) is 4.99 Å². The second-order valence-electron chi connectivity index (χ2n) is 6.39. The van der Waals surface area contributed by atoms with E-state index in [1.165, 1.54) is 18.4 Å². The summed E-state index contributed by atoms with van der Waals surface area (Å²) in [5, 5.41) is 10.8. The molecule has 2 N–H and O–H groups in total. The van der Waals surface area contributed by atoms with Crippen LogP contribution in [0.2, 0.25) is 0 Å². The third-order valence-electron chi connectivity index (χ3n) is 4.33. The van der Waals surface area contributed by atoms with Crippen LogP contribution >= 0.6 is 0 Å². The first kappa shape index (κ1) is 17.5. The van der Waals surface area contributed by atoms with Crippen molar-refractivity contribution in [3.05, 3.63) is 53.9 Å². The molecule has 0 saturated carbocycles. The third kappa shape index (κ3) is 5.60. The highest BCUT2D eigenvalue weighted by molar-refractivity contribution is 5.80. The third-order valence-corrected chi connectivity index (χ3v) is 4.33. The molecule has 1 aromatic heterocycles. The van der Waals surface area contributed by atoms with E-state index in [1.54, 1.807) is 6.26 Å². The number of piperidine rings is 1. The monoisotopic (exact) mass is 341 g/mol. The minimum absolute atomic E-state index is 0.410. The van der Waals surface area contributed by atoms with Gasteiger partial charge in [-0.3, -0.25) is 4.90 Å². The molecule has 25 heavy (non-hydrogen) atoms. The van der Waals surface area contributed by atoms with Crippen LogP contribution in [0.3, 0.4) is 0 Å². The number of rotatable bonds is 6. The zero-order valence-corrected chi connectivity index (χ0v) is 14.8. The van der Waals surface area contributed by atoms with E-state index in [1.807, 2.05) is 6.07 Å². The number of hydrogen-bond donors (Lipinski definition) is 2. The van der Waals surface area contributed by atoms with Crippen LogP contribution in [0, 0.1) is 0 Å². The van der Waals surface area contributed by atoms with Crippen molar-refractivity contribution in [2.24, 2.45) is 4.99 Å². The molecule has 1 atom stereocenters. The van der Waals surface area contributed by atoms with E-state index in [0.717, 1.165) is 37.8 Å². The maximum atomic E-state index is 4.86. The highest BCUT2D eigenvalue weighted by Crippen LogP contribution is 2.13. The Morgan fingerprint density at radius 3 is 2.96 bits per heavy atom. The van der Waals surface area contributed by atoms with Crippen molar-refractivity contribution in [1.29, 1.82) is 0 Å². The Kier molecular flexibility index (Phi) is 6.45. The molecule has 1 aliphatic rings. The van der Waals surface area contributed by atoms with Crippen molar-refractivity contribution in [3.63, 3.8) is 0 Å². The van der Waals surface area contributed by atoms with Crippen LogP contribution in [0.1, 0.15) is 31.0 Å². The Morgan fingerprint density at radius 1 is 1.32 bits per heavy atom. The molecule has 2 heterocycles. The predicted octanol–water partition coefficient (Wildman–Crippen LogP) is 2.39. The number of aromatic nitrogens is 1. The van der Waals surface area contributed by atoms with E-state index in [-0.39, 0.29) is 0 Å². The molecule has 1 aliphatic heterocycles. The standard InChI is InChI=1S/C19H27N5O/c1-2-20-19(21-13-17-10-12-25-23-17)22-18-9-6-11-24(15-18)14-16-7-4-3-5-8-16/h3-5,7-8,10,12,18H,2,6,9,11,13-15H2,1H3,(H2,20,21,22). The van der Waals surface area contributed by atoms with E-state index in [2.05, 4.69) is 62.9 Å². The maximum absolute atomic E-state index is 4.86. The van der Waals surface area contributed by atoms with Crippen molar-refractivity contribution >= 4 is 5.96 Å². The van der Waals surface area contributed by atoms with Gasteiger partial charge in [0.1, 0.15) is 12.0 Å². The quantitative estimate of drug-likeness (QED) is 0.624. The van der Waals surface area contributed by atoms with Gasteiger partial charge >= 0.3 is 0 Å². The molecule has 2 aromatic rings. The summed E-state index contributed by atoms with van der Waals surface area (Å²) in [7, 11) is 0. The van der Waals surface area contributed by atoms with Gasteiger partial charge in [0, 0.05) is 31.7 Å². The lowest BCUT2D eigenvalue weighted by molar-refractivity contribution is 0.192. The molecule has 134 valence electrons. The lowest BCUT2D eigenvalue weighted by atomic mass is 10.0. The van der Waals surface area contributed by atoms with Gasteiger partial charge in [-0.15, -0.1) is 0 Å². The molecule has 1 aromatic carbocycles. The van der Waals surface area contributed by atoms with Crippen LogP contribution in [0.25, 0.3) is 0 Å². The largest absolute Gasteiger partial charge is 0.364 e. The first-order valence-corrected chi connectivity index (χ1v) is 9.04. The highest BCUT2D eigenvalue weighted by atomic mass is 16.5. The van der Waals surface area contributed by atoms with Gasteiger partial charge in [0.2, 0.25) is 0 Å². The molecule has 6 nitrogen and oxygen atoms in total. The smallest absolute Gasteiger partial charge is 0.191 e. The van der Waals surface area contributed by atoms with Crippen LogP contribution in [0.15, 0.2) is 52.2 Å². The molecule has 0 radical (unpaired) electrons. The Hall–Kier alpha value is -2.34. The van der Waals surface area contributed by atoms with Gasteiger partial charge in [0.25, 0.3) is 0 Å². The molecule has 0 bridgehead atoms. The summed E-state index contributed by atoms with van der Waals surface area (Å²) in [6.45, 7) is 6.63. The van der Waals surface area contributed by atoms with Crippen molar-refractivity contribution in [2.75, 3.05) is 19.6 Å². The fourth-order valence-electron chi connectivity index (χ4n) is 3.15. The summed E-state index contributed by atoms with van der Waals surface area (Å²) < 4.78 is 4.86. The number of nitrogens with zero attached hydrogens (tertiary/aromatic N) is 3. The molecule has 6 heteroatoms. The predicted molar refractivity (Wildman–Crippen MR) is 99.2 cm³/mol. The number of benzene rings is 1. The van der Waals surface area contributed by atoms with E-state index >= 15 is 0 Å². The summed E-state index contributed by atoms with van der Waals surface area (Å²) in [5.74, 6) is 0.845. The summed E-state index contributed by atoms with van der Waals surface area (Å²) in [4.78, 5) is 7.12. The zero-order chi connectivity index (χ0) is 17.3. The van der Waals surface area contributed by atoms with Crippen molar-refractivity contribution < 1.29 is 4.52 Å². The first-order chi connectivity index (χ1) is 12.3. The van der Waals surface area contributed by atoms with Crippen LogP contribution in [-0.2, 0) is 13.1 Å². The van der Waals surface area contributed by atoms with Crippen LogP contribution in [0.5, 0.6) is 0 Å². The van der Waals surface area contributed by atoms with Crippen molar-refractivity contribution in [2.45, 2.75) is 38.9 Å². The Morgan fingerprint density at radius 2 is 2.20 bits per heavy atom. The van der Waals surface area contributed by atoms with Gasteiger partial charge < -0.3 is 15.2 Å². The second-order valence-corrected chi connectivity index (χ2v) is 6.39. The Labute approximate surface area is 149 Å². The van der Waals surface area contributed by atoms with Gasteiger partial charge in [0.05, 0.1) is 6.54 Å². The fourth-order valence-corrected chi connectivity index (χ4v) is 3.15. The SMILES string of the molecule is CCNC(=NCc1ccon1)NC1CCCN(Cc2ccccc2)C1. The average molecular weight is 341 g/mol. The number of nitrogens with one attached hydrogen (secondary N) is 2. The molecule has 1 fully saturated rings. The highest BCUT2D eigenvalue weighted by Gasteiger charge is 2.20. The van der Waals surface area contributed by atoms with Gasteiger partial charge in [-0.2, -0.15) is 0 Å². The lowest BCUT2D eigenvalue weighted by Gasteiger charge is -2.34. The number of likely N-dealkylation sites (tertiary alicyclic amines) is 1. The van der Waals surface area contributed by atoms with Crippen LogP contribution in [-0.4, -0.2) is 41.7 Å². The number of aliphatic imine (C=N–C) groups is 1. The van der Waals surface area contributed by atoms with Gasteiger partial charge in [0.15, 0.2) is 5.96 Å². The average Bonchev–Trinajstić information content (AvgIpc) is 3.15. The number of guanidine groups is 1. The Bertz CT molecular complexity index is 641. The normalized spacial score (nSPS) is 18.9. The molecule has 0 spiro atoms. The summed E-state index contributed by atoms with van der Waals surface area (Å²) in [5.41, 5.74) is 2.21. The van der Waals surface area contributed by atoms with Crippen molar-refractivity contribution in [1.82, 2.24) is 20.7 Å². The summed E-state index contributed by atoms with van der Waals surface area (Å²) in [6.07, 6.45) is 3.95. The first-order valence-electron chi connectivity index (χ1n) is 9.04. The molecule has 0 aliphatic carbocycles. The van der Waals surface area contributed by atoms with Crippen LogP contribution in [0.4, 0.5) is 0 Å². The molecular weight excluding hydrogens is 314 g/mol. The molecule has 1 unspecified atom stereocenters.